The van der Waals surface area contributed by atoms with Crippen LogP contribution in [0.2, 0.25) is 0 Å². The molecule has 0 bridgehead atoms. The number of carbonyl (C=O) groups is 1. The van der Waals surface area contributed by atoms with Gasteiger partial charge in [0.2, 0.25) is 5.95 Å². The van der Waals surface area contributed by atoms with Gasteiger partial charge in [-0.2, -0.15) is 4.98 Å². The summed E-state index contributed by atoms with van der Waals surface area (Å²) in [4.78, 5) is 35.4. The van der Waals surface area contributed by atoms with Gasteiger partial charge in [0.25, 0.3) is 11.8 Å². The molecule has 1 aliphatic carbocycles. The van der Waals surface area contributed by atoms with Gasteiger partial charge in [0.1, 0.15) is 11.6 Å². The summed E-state index contributed by atoms with van der Waals surface area (Å²) in [5.41, 5.74) is 0.641. The molecule has 0 aromatic carbocycles. The summed E-state index contributed by atoms with van der Waals surface area (Å²) in [5, 5.41) is 15.7. The molecule has 1 saturated carbocycles. The number of halogens is 2. The number of alkyl halides is 2. The summed E-state index contributed by atoms with van der Waals surface area (Å²) in [6, 6.07) is 1.64. The van der Waals surface area contributed by atoms with E-state index in [2.05, 4.69) is 30.5 Å². The molecule has 10 nitrogen and oxygen atoms in total. The Morgan fingerprint density at radius 1 is 1.00 bits per heavy atom. The van der Waals surface area contributed by atoms with Gasteiger partial charge in [-0.3, -0.25) is 4.79 Å². The molecule has 2 saturated heterocycles. The van der Waals surface area contributed by atoms with Gasteiger partial charge in [0.05, 0.1) is 18.3 Å². The van der Waals surface area contributed by atoms with Crippen molar-refractivity contribution in [3.05, 3.63) is 23.7 Å². The van der Waals surface area contributed by atoms with E-state index in [1.165, 1.54) is 19.0 Å². The number of piperidine rings is 2. The van der Waals surface area contributed by atoms with Gasteiger partial charge in [-0.15, -0.1) is 0 Å². The zero-order chi connectivity index (χ0) is 27.1. The van der Waals surface area contributed by atoms with E-state index in [1.54, 1.807) is 17.9 Å². The highest BCUT2D eigenvalue weighted by Gasteiger charge is 2.45. The van der Waals surface area contributed by atoms with E-state index in [9.17, 15) is 18.7 Å². The zero-order valence-electron chi connectivity index (χ0n) is 22.2. The van der Waals surface area contributed by atoms with E-state index in [4.69, 9.17) is 4.98 Å². The van der Waals surface area contributed by atoms with Crippen molar-refractivity contribution in [2.75, 3.05) is 53.2 Å². The minimum absolute atomic E-state index is 0.0947. The lowest BCUT2D eigenvalue weighted by Crippen LogP contribution is -2.40. The number of nitrogens with zero attached hydrogens (tertiary/aromatic N) is 6. The molecular weight excluding hydrogens is 494 g/mol. The SMILES string of the molecule is Cc1cc(NC(=O)c2ncc(NC(C)(C)CO)nc2N2CCC3(CC2)CC3)nc(N2CCC(F)(F)CC2)n1. The van der Waals surface area contributed by atoms with E-state index >= 15 is 0 Å². The van der Waals surface area contributed by atoms with Crippen molar-refractivity contribution in [1.29, 1.82) is 0 Å². The Labute approximate surface area is 221 Å². The Balaban J connectivity index is 1.38. The second-order valence-electron chi connectivity index (χ2n) is 11.6. The van der Waals surface area contributed by atoms with Crippen molar-refractivity contribution in [2.24, 2.45) is 5.41 Å². The third kappa shape index (κ3) is 5.95. The fourth-order valence-corrected chi connectivity index (χ4v) is 5.04. The van der Waals surface area contributed by atoms with Crippen LogP contribution in [0.4, 0.5) is 32.2 Å². The second kappa shape index (κ2) is 9.87. The van der Waals surface area contributed by atoms with Crippen molar-refractivity contribution in [3.63, 3.8) is 0 Å². The van der Waals surface area contributed by atoms with E-state index in [1.807, 2.05) is 13.8 Å². The monoisotopic (exact) mass is 530 g/mol. The molecule has 206 valence electrons. The summed E-state index contributed by atoms with van der Waals surface area (Å²) >= 11 is 0. The molecule has 2 aliphatic heterocycles. The maximum Gasteiger partial charge on any atom is 0.279 e. The van der Waals surface area contributed by atoms with Crippen LogP contribution in [0.3, 0.4) is 0 Å². The second-order valence-corrected chi connectivity index (χ2v) is 11.6. The molecule has 3 fully saturated rings. The van der Waals surface area contributed by atoms with Gasteiger partial charge < -0.3 is 25.5 Å². The van der Waals surface area contributed by atoms with Crippen molar-refractivity contribution < 1.29 is 18.7 Å². The first-order valence-corrected chi connectivity index (χ1v) is 13.3. The Kier molecular flexibility index (Phi) is 6.87. The van der Waals surface area contributed by atoms with Crippen LogP contribution in [0.1, 0.15) is 68.6 Å². The van der Waals surface area contributed by atoms with Gasteiger partial charge in [-0.1, -0.05) is 0 Å². The molecule has 5 rings (SSSR count). The van der Waals surface area contributed by atoms with Crippen LogP contribution in [-0.4, -0.2) is 75.2 Å². The number of aliphatic hydroxyl groups excluding tert-OH is 1. The standard InChI is InChI=1S/C26H36F2N8O2/c1-17-14-18(33-23(30-17)36-12-8-26(27,28)9-13-36)32-22(38)20-21(35-10-6-25(4-5-25)7-11-35)31-19(15-29-20)34-24(2,3)16-37/h14-15,37H,4-13,16H2,1-3H3,(H,31,34)(H,30,32,33,38). The quantitative estimate of drug-likeness (QED) is 0.493. The van der Waals surface area contributed by atoms with Crippen molar-refractivity contribution in [2.45, 2.75) is 70.8 Å². The molecule has 1 amide bonds. The number of hydrogen-bond acceptors (Lipinski definition) is 9. The van der Waals surface area contributed by atoms with E-state index in [0.29, 0.717) is 28.7 Å². The number of nitrogens with one attached hydrogen (secondary N) is 2. The molecule has 0 unspecified atom stereocenters. The molecule has 12 heteroatoms. The Morgan fingerprint density at radius 2 is 1.66 bits per heavy atom. The Bertz CT molecular complexity index is 1180. The predicted molar refractivity (Wildman–Crippen MR) is 141 cm³/mol. The van der Waals surface area contributed by atoms with Crippen LogP contribution < -0.4 is 20.4 Å². The molecule has 3 aliphatic rings. The van der Waals surface area contributed by atoms with Gasteiger partial charge in [-0.05, 0) is 51.9 Å². The third-order valence-electron chi connectivity index (χ3n) is 7.77. The molecule has 38 heavy (non-hydrogen) atoms. The average molecular weight is 531 g/mol. The summed E-state index contributed by atoms with van der Waals surface area (Å²) in [6.45, 7) is 7.26. The van der Waals surface area contributed by atoms with Gasteiger partial charge in [0.15, 0.2) is 11.5 Å². The highest BCUT2D eigenvalue weighted by atomic mass is 19.3. The topological polar surface area (TPSA) is 119 Å². The molecule has 1 spiro atoms. The number of anilines is 4. The first kappa shape index (κ1) is 26.5. The lowest BCUT2D eigenvalue weighted by molar-refractivity contribution is -0.0222. The highest BCUT2D eigenvalue weighted by Crippen LogP contribution is 2.54. The first-order valence-electron chi connectivity index (χ1n) is 13.3. The summed E-state index contributed by atoms with van der Waals surface area (Å²) < 4.78 is 27.3. The Hall–Kier alpha value is -3.15. The maximum absolute atomic E-state index is 13.6. The van der Waals surface area contributed by atoms with Crippen molar-refractivity contribution in [3.8, 4) is 0 Å². The van der Waals surface area contributed by atoms with Gasteiger partial charge >= 0.3 is 0 Å². The lowest BCUT2D eigenvalue weighted by Gasteiger charge is -2.34. The number of hydrogen-bond donors (Lipinski definition) is 3. The first-order chi connectivity index (χ1) is 18.0. The highest BCUT2D eigenvalue weighted by molar-refractivity contribution is 6.05. The van der Waals surface area contributed by atoms with Crippen molar-refractivity contribution >= 4 is 29.3 Å². The van der Waals surface area contributed by atoms with Crippen LogP contribution in [0.15, 0.2) is 12.3 Å². The normalized spacial score (nSPS) is 20.4. The average Bonchev–Trinajstić information content (AvgIpc) is 3.62. The number of aliphatic hydroxyl groups is 1. The summed E-state index contributed by atoms with van der Waals surface area (Å²) in [6.07, 6.45) is 5.61. The minimum atomic E-state index is -2.67. The van der Waals surface area contributed by atoms with Crippen LogP contribution >= 0.6 is 0 Å². The molecule has 0 radical (unpaired) electrons. The molecule has 4 heterocycles. The fraction of sp³-hybridized carbons (Fsp3) is 0.654. The van der Waals surface area contributed by atoms with Crippen molar-refractivity contribution in [1.82, 2.24) is 19.9 Å². The van der Waals surface area contributed by atoms with Crippen LogP contribution in [-0.2, 0) is 0 Å². The molecule has 2 aromatic heterocycles. The number of aromatic nitrogens is 4. The molecule has 0 atom stereocenters. The predicted octanol–water partition coefficient (Wildman–Crippen LogP) is 3.63. The number of aryl methyl sites for hydroxylation is 1. The lowest BCUT2D eigenvalue weighted by atomic mass is 9.93. The number of carbonyl (C=O) groups excluding carboxylic acids is 1. The third-order valence-corrected chi connectivity index (χ3v) is 7.77. The number of amides is 1. The van der Waals surface area contributed by atoms with Crippen LogP contribution in [0.25, 0.3) is 0 Å². The summed E-state index contributed by atoms with van der Waals surface area (Å²) in [7, 11) is 0. The molecular formula is C26H36F2N8O2. The number of rotatable bonds is 7. The van der Waals surface area contributed by atoms with E-state index in [0.717, 1.165) is 25.9 Å². The van der Waals surface area contributed by atoms with E-state index in [-0.39, 0.29) is 44.0 Å². The van der Waals surface area contributed by atoms with Gasteiger partial charge in [0, 0.05) is 50.8 Å². The van der Waals surface area contributed by atoms with Crippen LogP contribution in [0.5, 0.6) is 0 Å². The smallest absolute Gasteiger partial charge is 0.279 e. The zero-order valence-corrected chi connectivity index (χ0v) is 22.2. The minimum Gasteiger partial charge on any atom is -0.394 e. The Morgan fingerprint density at radius 3 is 2.29 bits per heavy atom. The summed E-state index contributed by atoms with van der Waals surface area (Å²) in [5.74, 6) is -1.57. The molecule has 3 N–H and O–H groups in total. The fourth-order valence-electron chi connectivity index (χ4n) is 5.04. The largest absolute Gasteiger partial charge is 0.394 e. The molecule has 2 aromatic rings. The van der Waals surface area contributed by atoms with Crippen LogP contribution in [0, 0.1) is 12.3 Å². The van der Waals surface area contributed by atoms with Gasteiger partial charge in [-0.25, -0.2) is 23.7 Å². The van der Waals surface area contributed by atoms with E-state index < -0.39 is 17.4 Å². The maximum atomic E-state index is 13.6.